The zero-order valence-electron chi connectivity index (χ0n) is 11.1. The van der Waals surface area contributed by atoms with E-state index in [-0.39, 0.29) is 0 Å². The van der Waals surface area contributed by atoms with Gasteiger partial charge in [0.15, 0.2) is 0 Å². The third-order valence-electron chi connectivity index (χ3n) is 4.34. The highest BCUT2D eigenvalue weighted by Crippen LogP contribution is 2.55. The van der Waals surface area contributed by atoms with E-state index in [9.17, 15) is 4.79 Å². The average Bonchev–Trinajstić information content (AvgIpc) is 3.02. The lowest BCUT2D eigenvalue weighted by atomic mass is 9.81. The van der Waals surface area contributed by atoms with Crippen LogP contribution in [0.4, 0.5) is 0 Å². The van der Waals surface area contributed by atoms with Crippen molar-refractivity contribution >= 4 is 5.78 Å². The van der Waals surface area contributed by atoms with Gasteiger partial charge in [0.2, 0.25) is 0 Å². The van der Waals surface area contributed by atoms with Crippen molar-refractivity contribution in [2.24, 2.45) is 11.3 Å². The van der Waals surface area contributed by atoms with Crippen LogP contribution in [0.5, 0.6) is 0 Å². The molecule has 1 atom stereocenters. The van der Waals surface area contributed by atoms with Crippen molar-refractivity contribution in [1.29, 1.82) is 0 Å². The maximum Gasteiger partial charge on any atom is 0.130 e. The first-order chi connectivity index (χ1) is 8.03. The quantitative estimate of drug-likeness (QED) is 0.749. The second-order valence-corrected chi connectivity index (χ2v) is 5.77. The first kappa shape index (κ1) is 12.3. The second-order valence-electron chi connectivity index (χ2n) is 5.77. The van der Waals surface area contributed by atoms with Crippen LogP contribution in [0, 0.1) is 18.3 Å². The summed E-state index contributed by atoms with van der Waals surface area (Å²) >= 11 is 0. The van der Waals surface area contributed by atoms with Crippen LogP contribution in [-0.2, 0) is 11.2 Å². The molecular formula is C16H22O. The Balaban J connectivity index is 2.08. The molecule has 0 amide bonds. The van der Waals surface area contributed by atoms with Gasteiger partial charge < -0.3 is 4.79 Å². The minimum atomic E-state index is 0.327. The van der Waals surface area contributed by atoms with E-state index in [0.717, 1.165) is 12.8 Å². The predicted octanol–water partition coefficient (Wildman–Crippen LogP) is 3.93. The summed E-state index contributed by atoms with van der Waals surface area (Å²) in [6.45, 7) is 6.13. The molecule has 0 bridgehead atoms. The monoisotopic (exact) mass is 230 g/mol. The lowest BCUT2D eigenvalue weighted by Crippen LogP contribution is -2.18. The molecule has 0 saturated heterocycles. The van der Waals surface area contributed by atoms with E-state index in [1.165, 1.54) is 24.0 Å². The Labute approximate surface area is 104 Å². The number of Topliss-reactive ketones (excluding diaryl/α,β-unsaturated/α-hetero) is 1. The van der Waals surface area contributed by atoms with Crippen LogP contribution in [0.15, 0.2) is 24.3 Å². The van der Waals surface area contributed by atoms with Gasteiger partial charge in [0.05, 0.1) is 0 Å². The molecule has 1 fully saturated rings. The number of ketones is 1. The van der Waals surface area contributed by atoms with Crippen molar-refractivity contribution in [3.05, 3.63) is 35.4 Å². The smallest absolute Gasteiger partial charge is 0.130 e. The van der Waals surface area contributed by atoms with Crippen molar-refractivity contribution < 1.29 is 4.79 Å². The van der Waals surface area contributed by atoms with Crippen molar-refractivity contribution in [2.45, 2.75) is 46.5 Å². The van der Waals surface area contributed by atoms with E-state index in [4.69, 9.17) is 0 Å². The third kappa shape index (κ3) is 2.77. The van der Waals surface area contributed by atoms with E-state index >= 15 is 0 Å². The summed E-state index contributed by atoms with van der Waals surface area (Å²) in [6, 6.07) is 8.63. The Morgan fingerprint density at radius 1 is 1.35 bits per heavy atom. The van der Waals surface area contributed by atoms with Gasteiger partial charge in [-0.1, -0.05) is 31.2 Å². The maximum atomic E-state index is 11.2. The van der Waals surface area contributed by atoms with E-state index in [0.29, 0.717) is 17.1 Å². The highest BCUT2D eigenvalue weighted by atomic mass is 16.1. The van der Waals surface area contributed by atoms with Crippen LogP contribution >= 0.6 is 0 Å². The average molecular weight is 230 g/mol. The summed E-state index contributed by atoms with van der Waals surface area (Å²) in [5.74, 6) is 0.855. The van der Waals surface area contributed by atoms with Crippen LogP contribution in [-0.4, -0.2) is 5.78 Å². The standard InChI is InChI=1S/C16H22O/c1-12-6-4-5-7-15(12)11-16(8-9-16)13(2)10-14(3)17/h4-7,13H,8-11H2,1-3H3. The van der Waals surface area contributed by atoms with E-state index in [1.807, 2.05) is 0 Å². The fourth-order valence-corrected chi connectivity index (χ4v) is 2.84. The Hall–Kier alpha value is -1.11. The first-order valence-corrected chi connectivity index (χ1v) is 6.57. The molecule has 1 heteroatoms. The van der Waals surface area contributed by atoms with E-state index in [2.05, 4.69) is 38.1 Å². The molecule has 1 aliphatic rings. The van der Waals surface area contributed by atoms with Crippen molar-refractivity contribution in [3.8, 4) is 0 Å². The van der Waals surface area contributed by atoms with Gasteiger partial charge in [-0.2, -0.15) is 0 Å². The maximum absolute atomic E-state index is 11.2. The van der Waals surface area contributed by atoms with Crippen molar-refractivity contribution in [3.63, 3.8) is 0 Å². The molecule has 1 unspecified atom stereocenters. The summed E-state index contributed by atoms with van der Waals surface area (Å²) in [5, 5.41) is 0. The molecule has 1 aliphatic carbocycles. The Bertz CT molecular complexity index is 415. The lowest BCUT2D eigenvalue weighted by molar-refractivity contribution is -0.118. The number of rotatable bonds is 5. The largest absolute Gasteiger partial charge is 0.300 e. The van der Waals surface area contributed by atoms with Crippen LogP contribution in [0.1, 0.15) is 44.2 Å². The molecule has 1 aromatic rings. The van der Waals surface area contributed by atoms with Gasteiger partial charge in [-0.3, -0.25) is 0 Å². The van der Waals surface area contributed by atoms with Crippen molar-refractivity contribution in [1.82, 2.24) is 0 Å². The fraction of sp³-hybridized carbons (Fsp3) is 0.562. The number of hydrogen-bond donors (Lipinski definition) is 0. The normalized spacial score (nSPS) is 18.8. The summed E-state index contributed by atoms with van der Waals surface area (Å²) in [7, 11) is 0. The van der Waals surface area contributed by atoms with Gasteiger partial charge in [0.25, 0.3) is 0 Å². The molecule has 0 aliphatic heterocycles. The Morgan fingerprint density at radius 3 is 2.53 bits per heavy atom. The Kier molecular flexibility index (Phi) is 3.37. The van der Waals surface area contributed by atoms with Gasteiger partial charge in [0, 0.05) is 6.42 Å². The zero-order valence-corrected chi connectivity index (χ0v) is 11.1. The van der Waals surface area contributed by atoms with E-state index in [1.54, 1.807) is 6.92 Å². The van der Waals surface area contributed by atoms with Crippen LogP contribution in [0.3, 0.4) is 0 Å². The number of carbonyl (C=O) groups is 1. The summed E-state index contributed by atoms with van der Waals surface area (Å²) in [5.41, 5.74) is 3.26. The zero-order chi connectivity index (χ0) is 12.5. The van der Waals surface area contributed by atoms with Crippen LogP contribution < -0.4 is 0 Å². The van der Waals surface area contributed by atoms with Gasteiger partial charge >= 0.3 is 0 Å². The fourth-order valence-electron chi connectivity index (χ4n) is 2.84. The number of benzene rings is 1. The molecule has 0 aromatic heterocycles. The highest BCUT2D eigenvalue weighted by Gasteiger charge is 2.47. The Morgan fingerprint density at radius 2 is 2.00 bits per heavy atom. The first-order valence-electron chi connectivity index (χ1n) is 6.57. The van der Waals surface area contributed by atoms with Crippen LogP contribution in [0.25, 0.3) is 0 Å². The van der Waals surface area contributed by atoms with Crippen LogP contribution in [0.2, 0.25) is 0 Å². The minimum absolute atomic E-state index is 0.327. The molecule has 92 valence electrons. The molecule has 0 N–H and O–H groups in total. The van der Waals surface area contributed by atoms with Gasteiger partial charge in [-0.05, 0) is 55.6 Å². The molecule has 1 nitrogen and oxygen atoms in total. The number of hydrogen-bond acceptors (Lipinski definition) is 1. The lowest BCUT2D eigenvalue weighted by Gasteiger charge is -2.23. The van der Waals surface area contributed by atoms with Gasteiger partial charge in [0.1, 0.15) is 5.78 Å². The van der Waals surface area contributed by atoms with Crippen molar-refractivity contribution in [2.75, 3.05) is 0 Å². The van der Waals surface area contributed by atoms with E-state index < -0.39 is 0 Å². The highest BCUT2D eigenvalue weighted by molar-refractivity contribution is 5.75. The molecule has 1 aromatic carbocycles. The molecule has 17 heavy (non-hydrogen) atoms. The topological polar surface area (TPSA) is 17.1 Å². The predicted molar refractivity (Wildman–Crippen MR) is 71.0 cm³/mol. The summed E-state index contributed by atoms with van der Waals surface area (Å²) < 4.78 is 0. The number of aryl methyl sites for hydroxylation is 1. The second kappa shape index (κ2) is 4.64. The molecule has 0 heterocycles. The molecule has 2 rings (SSSR count). The minimum Gasteiger partial charge on any atom is -0.300 e. The third-order valence-corrected chi connectivity index (χ3v) is 4.34. The van der Waals surface area contributed by atoms with Gasteiger partial charge in [-0.15, -0.1) is 0 Å². The van der Waals surface area contributed by atoms with Gasteiger partial charge in [-0.25, -0.2) is 0 Å². The molecule has 1 saturated carbocycles. The summed E-state index contributed by atoms with van der Waals surface area (Å²) in [6.07, 6.45) is 4.46. The number of carbonyl (C=O) groups excluding carboxylic acids is 1. The SMILES string of the molecule is CC(=O)CC(C)C1(Cc2ccccc2C)CC1. The molecule has 0 radical (unpaired) electrons. The molecule has 0 spiro atoms. The summed E-state index contributed by atoms with van der Waals surface area (Å²) in [4.78, 5) is 11.2. The molecular weight excluding hydrogens is 208 g/mol.